The van der Waals surface area contributed by atoms with Crippen LogP contribution >= 0.6 is 11.6 Å². The number of benzene rings is 1. The summed E-state index contributed by atoms with van der Waals surface area (Å²) in [5.74, 6) is 1.34. The maximum absolute atomic E-state index is 6.12. The molecule has 1 heterocycles. The van der Waals surface area contributed by atoms with Crippen molar-refractivity contribution in [2.45, 2.75) is 6.54 Å². The first kappa shape index (κ1) is 10.9. The van der Waals surface area contributed by atoms with Gasteiger partial charge in [0, 0.05) is 5.56 Å². The second-order valence-electron chi connectivity index (χ2n) is 3.04. The highest BCUT2D eigenvalue weighted by atomic mass is 35.5. The summed E-state index contributed by atoms with van der Waals surface area (Å²) in [6, 6.07) is 5.35. The van der Waals surface area contributed by atoms with E-state index in [0.29, 0.717) is 28.1 Å². The molecule has 2 aromatic rings. The van der Waals surface area contributed by atoms with Gasteiger partial charge in [-0.05, 0) is 12.1 Å². The van der Waals surface area contributed by atoms with Crippen LogP contribution in [0.3, 0.4) is 0 Å². The molecule has 0 radical (unpaired) electrons. The fraction of sp³-hybridized carbons (Fsp3) is 0.200. The summed E-state index contributed by atoms with van der Waals surface area (Å²) in [6.07, 6.45) is 0. The molecule has 0 aliphatic heterocycles. The van der Waals surface area contributed by atoms with E-state index in [-0.39, 0.29) is 6.54 Å². The average Bonchev–Trinajstić information content (AvgIpc) is 2.78. The maximum Gasteiger partial charge on any atom is 0.240 e. The summed E-state index contributed by atoms with van der Waals surface area (Å²) >= 11 is 6.12. The van der Waals surface area contributed by atoms with Crippen molar-refractivity contribution in [1.29, 1.82) is 0 Å². The number of halogens is 1. The van der Waals surface area contributed by atoms with E-state index in [9.17, 15) is 0 Å². The highest BCUT2D eigenvalue weighted by Crippen LogP contribution is 2.33. The van der Waals surface area contributed by atoms with Gasteiger partial charge in [-0.1, -0.05) is 22.8 Å². The van der Waals surface area contributed by atoms with Crippen molar-refractivity contribution in [1.82, 2.24) is 10.1 Å². The minimum Gasteiger partial charge on any atom is -0.495 e. The summed E-state index contributed by atoms with van der Waals surface area (Å²) in [4.78, 5) is 4.09. The Hall–Kier alpha value is -1.59. The van der Waals surface area contributed by atoms with Crippen LogP contribution in [0, 0.1) is 0 Å². The van der Waals surface area contributed by atoms with Gasteiger partial charge in [-0.2, -0.15) is 4.98 Å². The fourth-order valence-corrected chi connectivity index (χ4v) is 1.58. The standard InChI is InChI=1S/C10H10ClN3O2/c1-15-7-4-2-3-6(9(7)11)10-13-8(5-12)16-14-10/h2-4H,5,12H2,1H3. The molecule has 1 aromatic heterocycles. The zero-order valence-electron chi connectivity index (χ0n) is 8.61. The van der Waals surface area contributed by atoms with Crippen LogP contribution in [-0.2, 0) is 6.54 Å². The molecular weight excluding hydrogens is 230 g/mol. The van der Waals surface area contributed by atoms with Crippen LogP contribution < -0.4 is 10.5 Å². The number of nitrogens with zero attached hydrogens (tertiary/aromatic N) is 2. The number of aromatic nitrogens is 2. The summed E-state index contributed by atoms with van der Waals surface area (Å²) in [6.45, 7) is 0.203. The molecule has 0 aliphatic carbocycles. The molecule has 1 aromatic carbocycles. The van der Waals surface area contributed by atoms with E-state index in [1.807, 2.05) is 0 Å². The van der Waals surface area contributed by atoms with Crippen molar-refractivity contribution in [3.05, 3.63) is 29.1 Å². The second kappa shape index (κ2) is 4.51. The van der Waals surface area contributed by atoms with Crippen LogP contribution in [0.25, 0.3) is 11.4 Å². The number of hydrogen-bond acceptors (Lipinski definition) is 5. The third-order valence-corrected chi connectivity index (χ3v) is 2.46. The van der Waals surface area contributed by atoms with Gasteiger partial charge in [-0.3, -0.25) is 0 Å². The summed E-state index contributed by atoms with van der Waals surface area (Å²) in [7, 11) is 1.55. The average molecular weight is 240 g/mol. The maximum atomic E-state index is 6.12. The number of ether oxygens (including phenoxy) is 1. The molecule has 0 spiro atoms. The van der Waals surface area contributed by atoms with Gasteiger partial charge in [0.2, 0.25) is 11.7 Å². The van der Waals surface area contributed by atoms with Gasteiger partial charge in [-0.15, -0.1) is 0 Å². The Balaban J connectivity index is 2.47. The van der Waals surface area contributed by atoms with Crippen LogP contribution in [0.1, 0.15) is 5.89 Å². The molecule has 84 valence electrons. The third kappa shape index (κ3) is 1.87. The van der Waals surface area contributed by atoms with E-state index in [0.717, 1.165) is 0 Å². The Morgan fingerprint density at radius 1 is 1.50 bits per heavy atom. The first-order valence-electron chi connectivity index (χ1n) is 4.61. The van der Waals surface area contributed by atoms with E-state index < -0.39 is 0 Å². The minimum absolute atomic E-state index is 0.203. The molecule has 5 nitrogen and oxygen atoms in total. The van der Waals surface area contributed by atoms with Crippen molar-refractivity contribution in [2.75, 3.05) is 7.11 Å². The number of hydrogen-bond donors (Lipinski definition) is 1. The molecule has 0 saturated carbocycles. The lowest BCUT2D eigenvalue weighted by molar-refractivity contribution is 0.380. The highest BCUT2D eigenvalue weighted by Gasteiger charge is 2.13. The van der Waals surface area contributed by atoms with Gasteiger partial charge in [0.05, 0.1) is 18.7 Å². The van der Waals surface area contributed by atoms with Gasteiger partial charge >= 0.3 is 0 Å². The number of rotatable bonds is 3. The molecule has 2 rings (SSSR count). The normalized spacial score (nSPS) is 10.4. The number of methoxy groups -OCH3 is 1. The van der Waals surface area contributed by atoms with Crippen LogP contribution in [0.15, 0.2) is 22.7 Å². The zero-order valence-corrected chi connectivity index (χ0v) is 9.36. The fourth-order valence-electron chi connectivity index (χ4n) is 1.29. The van der Waals surface area contributed by atoms with Gasteiger partial charge < -0.3 is 15.0 Å². The topological polar surface area (TPSA) is 74.2 Å². The Labute approximate surface area is 97.2 Å². The lowest BCUT2D eigenvalue weighted by Crippen LogP contribution is -1.95. The molecule has 0 atom stereocenters. The predicted molar refractivity (Wildman–Crippen MR) is 59.2 cm³/mol. The second-order valence-corrected chi connectivity index (χ2v) is 3.42. The molecule has 0 unspecified atom stereocenters. The van der Waals surface area contributed by atoms with Gasteiger partial charge in [-0.25, -0.2) is 0 Å². The monoisotopic (exact) mass is 239 g/mol. The number of nitrogens with two attached hydrogens (primary N) is 1. The van der Waals surface area contributed by atoms with Gasteiger partial charge in [0.15, 0.2) is 0 Å². The lowest BCUT2D eigenvalue weighted by atomic mass is 10.2. The Morgan fingerprint density at radius 2 is 2.31 bits per heavy atom. The molecular formula is C10H10ClN3O2. The molecule has 0 bridgehead atoms. The van der Waals surface area contributed by atoms with Crippen LogP contribution in [-0.4, -0.2) is 17.3 Å². The Kier molecular flexibility index (Phi) is 3.07. The van der Waals surface area contributed by atoms with E-state index in [2.05, 4.69) is 10.1 Å². The van der Waals surface area contributed by atoms with E-state index >= 15 is 0 Å². The van der Waals surface area contributed by atoms with Crippen molar-refractivity contribution >= 4 is 11.6 Å². The zero-order chi connectivity index (χ0) is 11.5. The van der Waals surface area contributed by atoms with E-state index in [4.69, 9.17) is 26.6 Å². The van der Waals surface area contributed by atoms with Gasteiger partial charge in [0.25, 0.3) is 0 Å². The summed E-state index contributed by atoms with van der Waals surface area (Å²) < 4.78 is 10.0. The van der Waals surface area contributed by atoms with Crippen LogP contribution in [0.4, 0.5) is 0 Å². The molecule has 16 heavy (non-hydrogen) atoms. The summed E-state index contributed by atoms with van der Waals surface area (Å²) in [5.41, 5.74) is 6.04. The quantitative estimate of drug-likeness (QED) is 0.885. The van der Waals surface area contributed by atoms with Crippen molar-refractivity contribution < 1.29 is 9.26 Å². The molecule has 0 fully saturated rings. The molecule has 6 heteroatoms. The predicted octanol–water partition coefficient (Wildman–Crippen LogP) is 1.86. The molecule has 0 saturated heterocycles. The molecule has 0 aliphatic rings. The summed E-state index contributed by atoms with van der Waals surface area (Å²) in [5, 5.41) is 4.24. The molecule has 2 N–H and O–H groups in total. The Morgan fingerprint density at radius 3 is 2.94 bits per heavy atom. The van der Waals surface area contributed by atoms with Crippen molar-refractivity contribution in [2.24, 2.45) is 5.73 Å². The van der Waals surface area contributed by atoms with Crippen molar-refractivity contribution in [3.63, 3.8) is 0 Å². The van der Waals surface area contributed by atoms with E-state index in [1.165, 1.54) is 0 Å². The minimum atomic E-state index is 0.203. The van der Waals surface area contributed by atoms with Crippen LogP contribution in [0.2, 0.25) is 5.02 Å². The SMILES string of the molecule is COc1cccc(-c2noc(CN)n2)c1Cl. The first-order valence-corrected chi connectivity index (χ1v) is 4.99. The van der Waals surface area contributed by atoms with Gasteiger partial charge in [0.1, 0.15) is 5.75 Å². The lowest BCUT2D eigenvalue weighted by Gasteiger charge is -2.04. The van der Waals surface area contributed by atoms with E-state index in [1.54, 1.807) is 25.3 Å². The largest absolute Gasteiger partial charge is 0.495 e. The van der Waals surface area contributed by atoms with Crippen molar-refractivity contribution in [3.8, 4) is 17.1 Å². The smallest absolute Gasteiger partial charge is 0.240 e. The Bertz CT molecular complexity index is 499. The van der Waals surface area contributed by atoms with Crippen LogP contribution in [0.5, 0.6) is 5.75 Å². The first-order chi connectivity index (χ1) is 7.76. The molecule has 0 amide bonds. The third-order valence-electron chi connectivity index (χ3n) is 2.07. The highest BCUT2D eigenvalue weighted by molar-refractivity contribution is 6.34.